The number of nitrogens with one attached hydrogen (secondary N) is 3. The molecule has 2 atom stereocenters. The van der Waals surface area contributed by atoms with Gasteiger partial charge in [-0.15, -0.1) is 0 Å². The molecule has 1 saturated carbocycles. The highest BCUT2D eigenvalue weighted by atomic mass is 19.4. The maximum absolute atomic E-state index is 13.1. The molecule has 1 aromatic heterocycles. The molecule has 2 unspecified atom stereocenters. The van der Waals surface area contributed by atoms with Crippen molar-refractivity contribution in [3.8, 4) is 0 Å². The van der Waals surface area contributed by atoms with Crippen LogP contribution in [0.5, 0.6) is 0 Å². The van der Waals surface area contributed by atoms with Crippen LogP contribution in [0.4, 0.5) is 23.5 Å². The molecule has 0 radical (unpaired) electrons. The van der Waals surface area contributed by atoms with Gasteiger partial charge in [0.2, 0.25) is 5.95 Å². The first kappa shape index (κ1) is 29.2. The van der Waals surface area contributed by atoms with Gasteiger partial charge in [0.25, 0.3) is 5.91 Å². The second-order valence-corrected chi connectivity index (χ2v) is 9.16. The molecule has 0 spiro atoms. The first-order chi connectivity index (χ1) is 18.1. The molecule has 4 rings (SSSR count). The van der Waals surface area contributed by atoms with E-state index in [-0.39, 0.29) is 11.4 Å². The highest BCUT2D eigenvalue weighted by molar-refractivity contribution is 5.92. The molecule has 1 aromatic carbocycles. The summed E-state index contributed by atoms with van der Waals surface area (Å²) in [5, 5.41) is 22.6. The number of alkyl halides is 3. The van der Waals surface area contributed by atoms with Crippen molar-refractivity contribution in [2.75, 3.05) is 38.0 Å². The first-order valence-corrected chi connectivity index (χ1v) is 12.1. The highest BCUT2D eigenvalue weighted by Gasteiger charge is 2.39. The number of carbonyl (C=O) groups excluding carboxylic acids is 1. The Kier molecular flexibility index (Phi) is 10.3. The summed E-state index contributed by atoms with van der Waals surface area (Å²) in [5.74, 6) is -1.86. The Morgan fingerprint density at radius 3 is 2.24 bits per heavy atom. The van der Waals surface area contributed by atoms with Gasteiger partial charge in [-0.2, -0.15) is 13.2 Å². The predicted octanol–water partition coefficient (Wildman–Crippen LogP) is 2.64. The Bertz CT molecular complexity index is 1050. The van der Waals surface area contributed by atoms with Crippen LogP contribution >= 0.6 is 0 Å². The zero-order valence-electron chi connectivity index (χ0n) is 20.4. The van der Waals surface area contributed by atoms with E-state index in [1.54, 1.807) is 17.6 Å². The number of likely N-dealkylation sites (tertiary alicyclic amines) is 1. The third-order valence-electron chi connectivity index (χ3n) is 6.43. The molecule has 5 N–H and O–H groups in total. The quantitative estimate of drug-likeness (QED) is 0.184. The van der Waals surface area contributed by atoms with Crippen LogP contribution in [0, 0.1) is 11.7 Å². The zero-order chi connectivity index (χ0) is 27.7. The fourth-order valence-electron chi connectivity index (χ4n) is 4.16. The SMILES string of the molecule is O=C(NO)c1cnc(NCCN2CCC(CNC3CC3c3ccc(F)cc3)CC2)nc1.O=C(O)C(F)(F)F. The number of piperidine rings is 1. The number of nitrogens with zero attached hydrogens (tertiary/aromatic N) is 3. The molecule has 208 valence electrons. The van der Waals surface area contributed by atoms with Gasteiger partial charge in [-0.25, -0.2) is 24.6 Å². The van der Waals surface area contributed by atoms with Crippen molar-refractivity contribution in [1.29, 1.82) is 0 Å². The minimum atomic E-state index is -5.08. The molecule has 1 aliphatic heterocycles. The number of carboxylic acids is 1. The number of aliphatic carboxylic acids is 1. The zero-order valence-corrected chi connectivity index (χ0v) is 20.4. The maximum Gasteiger partial charge on any atom is 0.490 e. The van der Waals surface area contributed by atoms with Gasteiger partial charge in [-0.3, -0.25) is 10.0 Å². The fraction of sp³-hybridized carbons (Fsp3) is 0.500. The lowest BCUT2D eigenvalue weighted by Gasteiger charge is -2.32. The lowest BCUT2D eigenvalue weighted by atomic mass is 9.96. The van der Waals surface area contributed by atoms with E-state index in [1.165, 1.54) is 30.8 Å². The Labute approximate surface area is 216 Å². The van der Waals surface area contributed by atoms with Gasteiger partial charge in [0, 0.05) is 37.4 Å². The van der Waals surface area contributed by atoms with Crippen LogP contribution in [0.25, 0.3) is 0 Å². The largest absolute Gasteiger partial charge is 0.490 e. The molecule has 1 aliphatic carbocycles. The molecule has 1 amide bonds. The lowest BCUT2D eigenvalue weighted by Crippen LogP contribution is -2.39. The Morgan fingerprint density at radius 2 is 1.68 bits per heavy atom. The summed E-state index contributed by atoms with van der Waals surface area (Å²) in [5.41, 5.74) is 3.00. The van der Waals surface area contributed by atoms with Gasteiger partial charge >= 0.3 is 12.1 Å². The number of hydroxylamine groups is 1. The van der Waals surface area contributed by atoms with Gasteiger partial charge < -0.3 is 20.6 Å². The molecule has 1 saturated heterocycles. The number of carboxylic acid groups (broad SMARTS) is 1. The van der Waals surface area contributed by atoms with E-state index in [0.717, 1.165) is 39.1 Å². The summed E-state index contributed by atoms with van der Waals surface area (Å²) in [4.78, 5) is 30.8. The molecule has 2 aromatic rings. The summed E-state index contributed by atoms with van der Waals surface area (Å²) in [6, 6.07) is 7.43. The summed E-state index contributed by atoms with van der Waals surface area (Å²) >= 11 is 0. The van der Waals surface area contributed by atoms with Crippen LogP contribution in [0.1, 0.15) is 41.1 Å². The van der Waals surface area contributed by atoms with E-state index in [0.29, 0.717) is 23.8 Å². The molecule has 38 heavy (non-hydrogen) atoms. The third-order valence-corrected chi connectivity index (χ3v) is 6.43. The number of amides is 1. The minimum Gasteiger partial charge on any atom is -0.475 e. The van der Waals surface area contributed by atoms with Crippen LogP contribution in [-0.4, -0.2) is 82.0 Å². The minimum absolute atomic E-state index is 0.173. The van der Waals surface area contributed by atoms with E-state index in [2.05, 4.69) is 25.5 Å². The van der Waals surface area contributed by atoms with Crippen molar-refractivity contribution in [3.63, 3.8) is 0 Å². The highest BCUT2D eigenvalue weighted by Crippen LogP contribution is 2.41. The van der Waals surface area contributed by atoms with Crippen LogP contribution in [0.15, 0.2) is 36.7 Å². The van der Waals surface area contributed by atoms with Gasteiger partial charge in [-0.1, -0.05) is 12.1 Å². The van der Waals surface area contributed by atoms with Crippen LogP contribution in [0.3, 0.4) is 0 Å². The Balaban J connectivity index is 0.000000505. The molecule has 0 bridgehead atoms. The van der Waals surface area contributed by atoms with Crippen LogP contribution in [0.2, 0.25) is 0 Å². The van der Waals surface area contributed by atoms with E-state index >= 15 is 0 Å². The normalized spacial score (nSPS) is 19.7. The van der Waals surface area contributed by atoms with E-state index in [1.807, 2.05) is 12.1 Å². The van der Waals surface area contributed by atoms with Crippen LogP contribution in [-0.2, 0) is 4.79 Å². The smallest absolute Gasteiger partial charge is 0.475 e. The van der Waals surface area contributed by atoms with E-state index in [4.69, 9.17) is 15.1 Å². The van der Waals surface area contributed by atoms with Gasteiger partial charge in [0.05, 0.1) is 5.56 Å². The second kappa shape index (κ2) is 13.4. The van der Waals surface area contributed by atoms with Crippen molar-refractivity contribution >= 4 is 17.8 Å². The van der Waals surface area contributed by atoms with Gasteiger partial charge in [0.15, 0.2) is 0 Å². The summed E-state index contributed by atoms with van der Waals surface area (Å²) in [7, 11) is 0. The number of aromatic nitrogens is 2. The molecular weight excluding hydrogens is 512 g/mol. The number of anilines is 1. The molecule has 2 aliphatic rings. The number of rotatable bonds is 9. The third kappa shape index (κ3) is 9.19. The number of hydrogen-bond donors (Lipinski definition) is 5. The summed E-state index contributed by atoms with van der Waals surface area (Å²) in [6.45, 7) is 4.86. The van der Waals surface area contributed by atoms with Gasteiger partial charge in [-0.05, 0) is 62.5 Å². The Morgan fingerprint density at radius 1 is 1.08 bits per heavy atom. The van der Waals surface area contributed by atoms with E-state index < -0.39 is 18.1 Å². The van der Waals surface area contributed by atoms with Crippen molar-refractivity contribution in [2.45, 2.75) is 37.4 Å². The van der Waals surface area contributed by atoms with Crippen LogP contribution < -0.4 is 16.1 Å². The number of hydrogen-bond acceptors (Lipinski definition) is 8. The lowest BCUT2D eigenvalue weighted by molar-refractivity contribution is -0.192. The Hall–Kier alpha value is -3.36. The average molecular weight is 543 g/mol. The number of carbonyl (C=O) groups is 2. The van der Waals surface area contributed by atoms with Crippen molar-refractivity contribution in [1.82, 2.24) is 25.7 Å². The molecule has 10 nitrogen and oxygen atoms in total. The monoisotopic (exact) mass is 542 g/mol. The van der Waals surface area contributed by atoms with Crippen molar-refractivity contribution in [2.24, 2.45) is 5.92 Å². The number of benzene rings is 1. The number of halogens is 4. The topological polar surface area (TPSA) is 140 Å². The molecular formula is C24H30F4N6O4. The first-order valence-electron chi connectivity index (χ1n) is 12.1. The average Bonchev–Trinajstić information content (AvgIpc) is 3.68. The molecule has 14 heteroatoms. The van der Waals surface area contributed by atoms with Crippen molar-refractivity contribution in [3.05, 3.63) is 53.6 Å². The summed E-state index contributed by atoms with van der Waals surface area (Å²) < 4.78 is 44.8. The second-order valence-electron chi connectivity index (χ2n) is 9.16. The van der Waals surface area contributed by atoms with E-state index in [9.17, 15) is 22.4 Å². The predicted molar refractivity (Wildman–Crippen MR) is 128 cm³/mol. The molecule has 2 fully saturated rings. The van der Waals surface area contributed by atoms with Gasteiger partial charge in [0.1, 0.15) is 5.82 Å². The molecule has 2 heterocycles. The maximum atomic E-state index is 13.1. The van der Waals surface area contributed by atoms with Crippen molar-refractivity contribution < 1.29 is 37.5 Å². The summed E-state index contributed by atoms with van der Waals surface area (Å²) in [6.07, 6.45) is 1.18. The fourth-order valence-corrected chi connectivity index (χ4v) is 4.16. The standard InChI is InChI=1S/C22H29FN6O2.C2HF3O2/c23-18-3-1-16(2-4-18)19-11-20(19)25-12-15-5-8-29(9-6-15)10-7-24-22-26-13-17(14-27-22)21(30)28-31;3-2(4,5)1(6)7/h1-4,13-15,19-20,25,31H,5-12H2,(H,28,30)(H,24,26,27);(H,6,7).